The zero-order valence-electron chi connectivity index (χ0n) is 22.0. The van der Waals surface area contributed by atoms with Crippen molar-refractivity contribution in [2.24, 2.45) is 0 Å². The van der Waals surface area contributed by atoms with Gasteiger partial charge in [0, 0.05) is 38.4 Å². The first kappa shape index (κ1) is 27.9. The Hall–Kier alpha value is -3.64. The predicted octanol–water partition coefficient (Wildman–Crippen LogP) is 2.97. The Bertz CT molecular complexity index is 1740. The summed E-state index contributed by atoms with van der Waals surface area (Å²) in [5, 5.41) is 3.79. The van der Waals surface area contributed by atoms with Crippen molar-refractivity contribution in [1.82, 2.24) is 23.8 Å². The van der Waals surface area contributed by atoms with Crippen LogP contribution in [0.1, 0.15) is 32.1 Å². The van der Waals surface area contributed by atoms with E-state index < -0.39 is 21.1 Å². The molecule has 40 heavy (non-hydrogen) atoms. The van der Waals surface area contributed by atoms with E-state index in [1.165, 1.54) is 4.57 Å². The van der Waals surface area contributed by atoms with Gasteiger partial charge in [-0.3, -0.25) is 23.1 Å². The minimum absolute atomic E-state index is 0.0334. The molecule has 0 spiro atoms. The molecule has 0 aliphatic carbocycles. The first-order valence-corrected chi connectivity index (χ1v) is 16.0. The number of pyridine rings is 1. The largest absolute Gasteiger partial charge is 0.356 e. The first-order chi connectivity index (χ1) is 19.4. The monoisotopic (exact) mass is 581 g/mol. The number of aromatic nitrogens is 4. The second-order valence-corrected chi connectivity index (χ2v) is 12.8. The molecule has 4 aromatic rings. The van der Waals surface area contributed by atoms with E-state index >= 15 is 0 Å². The van der Waals surface area contributed by atoms with Crippen LogP contribution in [0.5, 0.6) is 0 Å². The van der Waals surface area contributed by atoms with Crippen LogP contribution in [-0.4, -0.2) is 50.9 Å². The molecule has 1 aliphatic rings. The molecule has 12 heteroatoms. The molecule has 0 saturated carbocycles. The van der Waals surface area contributed by atoms with Gasteiger partial charge < -0.3 is 5.32 Å². The maximum Gasteiger partial charge on any atom is 0.332 e. The highest BCUT2D eigenvalue weighted by Crippen LogP contribution is 2.27. The number of nitrogens with one attached hydrogen (secondary N) is 1. The van der Waals surface area contributed by atoms with Crippen molar-refractivity contribution >= 4 is 33.2 Å². The van der Waals surface area contributed by atoms with Crippen LogP contribution in [0.15, 0.2) is 80.6 Å². The van der Waals surface area contributed by atoms with Crippen molar-refractivity contribution < 1.29 is 13.2 Å². The number of fused-ring (bicyclic) bond motifs is 2. The third kappa shape index (κ3) is 5.92. The molecule has 210 valence electrons. The lowest BCUT2D eigenvalue weighted by Gasteiger charge is -2.23. The molecule has 1 aliphatic heterocycles. The zero-order chi connectivity index (χ0) is 28.1. The summed E-state index contributed by atoms with van der Waals surface area (Å²) >= 11 is 1.73. The summed E-state index contributed by atoms with van der Waals surface area (Å²) in [6.45, 7) is 0.622. The zero-order valence-corrected chi connectivity index (χ0v) is 23.6. The van der Waals surface area contributed by atoms with Gasteiger partial charge in [0.2, 0.25) is 5.91 Å². The molecule has 0 unspecified atom stereocenters. The number of unbranched alkanes of at least 4 members (excludes halogenated alkanes) is 1. The van der Waals surface area contributed by atoms with Crippen molar-refractivity contribution in [3.05, 3.63) is 81.8 Å². The Morgan fingerprint density at radius 2 is 1.85 bits per heavy atom. The van der Waals surface area contributed by atoms with Gasteiger partial charge in [0.1, 0.15) is 5.65 Å². The van der Waals surface area contributed by atoms with Gasteiger partial charge in [-0.05, 0) is 49.1 Å². The fourth-order valence-corrected chi connectivity index (χ4v) is 7.67. The van der Waals surface area contributed by atoms with Gasteiger partial charge in [-0.25, -0.2) is 18.2 Å². The SMILES string of the molecule is O=C(CCCCSc1cccc2nccn12)NCCCn1c(=O)c(-c2ccccc2)c2n(c1=O)CCCS2(=O)=O. The second-order valence-electron chi connectivity index (χ2n) is 9.64. The van der Waals surface area contributed by atoms with E-state index in [1.807, 2.05) is 28.8 Å². The van der Waals surface area contributed by atoms with Gasteiger partial charge in [-0.15, -0.1) is 11.8 Å². The number of hydrogen-bond acceptors (Lipinski definition) is 7. The molecule has 0 radical (unpaired) electrons. The molecular formula is C28H31N5O5S2. The molecule has 4 heterocycles. The fraction of sp³-hybridized carbons (Fsp3) is 0.357. The maximum absolute atomic E-state index is 13.4. The maximum atomic E-state index is 13.4. The van der Waals surface area contributed by atoms with Crippen LogP contribution in [0.25, 0.3) is 16.8 Å². The number of imidazole rings is 1. The molecule has 1 aromatic carbocycles. The summed E-state index contributed by atoms with van der Waals surface area (Å²) in [6.07, 6.45) is 6.42. The summed E-state index contributed by atoms with van der Waals surface area (Å²) < 4.78 is 30.1. The lowest BCUT2D eigenvalue weighted by molar-refractivity contribution is -0.121. The van der Waals surface area contributed by atoms with Gasteiger partial charge in [0.25, 0.3) is 5.56 Å². The Labute approximate surface area is 236 Å². The van der Waals surface area contributed by atoms with E-state index in [0.717, 1.165) is 33.8 Å². The number of thioether (sulfide) groups is 1. The first-order valence-electron chi connectivity index (χ1n) is 13.3. The molecular weight excluding hydrogens is 550 g/mol. The molecule has 10 nitrogen and oxygen atoms in total. The number of carbonyl (C=O) groups is 1. The van der Waals surface area contributed by atoms with Gasteiger partial charge in [-0.2, -0.15) is 0 Å². The summed E-state index contributed by atoms with van der Waals surface area (Å²) in [6, 6.07) is 14.6. The Balaban J connectivity index is 1.16. The molecule has 0 fully saturated rings. The van der Waals surface area contributed by atoms with E-state index in [-0.39, 0.29) is 35.3 Å². The van der Waals surface area contributed by atoms with E-state index in [9.17, 15) is 22.8 Å². The Kier molecular flexibility index (Phi) is 8.55. The number of rotatable bonds is 11. The third-order valence-electron chi connectivity index (χ3n) is 6.85. The number of carbonyl (C=O) groups excluding carboxylic acids is 1. The van der Waals surface area contributed by atoms with Crippen molar-refractivity contribution in [1.29, 1.82) is 0 Å². The minimum Gasteiger partial charge on any atom is -0.356 e. The van der Waals surface area contributed by atoms with Crippen molar-refractivity contribution in [3.8, 4) is 11.1 Å². The average Bonchev–Trinajstić information content (AvgIpc) is 3.43. The van der Waals surface area contributed by atoms with Crippen LogP contribution in [-0.2, 0) is 27.7 Å². The summed E-state index contributed by atoms with van der Waals surface area (Å²) in [5.41, 5.74) is 0.155. The lowest BCUT2D eigenvalue weighted by atomic mass is 10.1. The van der Waals surface area contributed by atoms with Gasteiger partial charge in [-0.1, -0.05) is 36.4 Å². The summed E-state index contributed by atoms with van der Waals surface area (Å²) in [7, 11) is -3.77. The molecule has 1 amide bonds. The highest BCUT2D eigenvalue weighted by atomic mass is 32.2. The minimum atomic E-state index is -3.77. The highest BCUT2D eigenvalue weighted by Gasteiger charge is 2.32. The topological polar surface area (TPSA) is 125 Å². The van der Waals surface area contributed by atoms with Crippen LogP contribution in [0.2, 0.25) is 0 Å². The van der Waals surface area contributed by atoms with E-state index in [0.29, 0.717) is 31.4 Å². The number of nitrogens with zero attached hydrogens (tertiary/aromatic N) is 4. The summed E-state index contributed by atoms with van der Waals surface area (Å²) in [5.74, 6) is 0.712. The Morgan fingerprint density at radius 3 is 2.67 bits per heavy atom. The fourth-order valence-electron chi connectivity index (χ4n) is 4.92. The predicted molar refractivity (Wildman–Crippen MR) is 154 cm³/mol. The quantitative estimate of drug-likeness (QED) is 0.164. The van der Waals surface area contributed by atoms with E-state index in [2.05, 4.69) is 10.3 Å². The molecule has 0 bridgehead atoms. The normalized spacial score (nSPS) is 14.2. The van der Waals surface area contributed by atoms with Crippen molar-refractivity contribution in [3.63, 3.8) is 0 Å². The Morgan fingerprint density at radius 1 is 1.02 bits per heavy atom. The van der Waals surface area contributed by atoms with Crippen molar-refractivity contribution in [2.45, 2.75) is 55.2 Å². The van der Waals surface area contributed by atoms with Gasteiger partial charge in [0.15, 0.2) is 14.9 Å². The smallest absolute Gasteiger partial charge is 0.332 e. The number of hydrogen-bond donors (Lipinski definition) is 1. The van der Waals surface area contributed by atoms with Gasteiger partial charge >= 0.3 is 5.69 Å². The second kappa shape index (κ2) is 12.3. The van der Waals surface area contributed by atoms with Gasteiger partial charge in [0.05, 0.1) is 16.3 Å². The number of amides is 1. The van der Waals surface area contributed by atoms with Crippen LogP contribution in [0.4, 0.5) is 0 Å². The highest BCUT2D eigenvalue weighted by molar-refractivity contribution is 7.99. The van der Waals surface area contributed by atoms with Crippen LogP contribution in [0, 0.1) is 0 Å². The van der Waals surface area contributed by atoms with Crippen LogP contribution >= 0.6 is 11.8 Å². The average molecular weight is 582 g/mol. The standard InChI is InChI=1S/C28H31N5O5S2/c34-23(12-4-5-19-39-24-13-6-11-22-29-15-18-31(22)24)30-14-7-16-32-26(35)25(21-9-2-1-3-10-21)27-33(28(32)36)17-8-20-40(27,37)38/h1-3,6,9-11,13,15,18H,4-5,7-8,12,14,16-17,19-20H2,(H,30,34). The molecule has 3 aromatic heterocycles. The van der Waals surface area contributed by atoms with Crippen molar-refractivity contribution in [2.75, 3.05) is 18.1 Å². The summed E-state index contributed by atoms with van der Waals surface area (Å²) in [4.78, 5) is 43.2. The van der Waals surface area contributed by atoms with Crippen LogP contribution in [0.3, 0.4) is 0 Å². The number of sulfone groups is 1. The lowest BCUT2D eigenvalue weighted by Crippen LogP contribution is -2.45. The van der Waals surface area contributed by atoms with Crippen LogP contribution < -0.4 is 16.6 Å². The van der Waals surface area contributed by atoms with E-state index in [1.54, 1.807) is 48.3 Å². The number of benzene rings is 1. The molecule has 5 rings (SSSR count). The molecule has 0 atom stereocenters. The molecule has 1 N–H and O–H groups in total. The third-order valence-corrected chi connectivity index (χ3v) is 9.81. The molecule has 0 saturated heterocycles. The van der Waals surface area contributed by atoms with E-state index in [4.69, 9.17) is 0 Å².